The van der Waals surface area contributed by atoms with E-state index in [1.165, 1.54) is 50.5 Å². The molecule has 0 unspecified atom stereocenters. The van der Waals surface area contributed by atoms with E-state index in [1.807, 2.05) is 182 Å². The summed E-state index contributed by atoms with van der Waals surface area (Å²) >= 11 is 0. The van der Waals surface area contributed by atoms with E-state index in [0.717, 1.165) is 89.3 Å². The molecule has 4 fully saturated rings. The minimum Gasteiger partial charge on any atom is -0.459 e. The summed E-state index contributed by atoms with van der Waals surface area (Å²) in [4.78, 5) is 62.9. The van der Waals surface area contributed by atoms with Crippen LogP contribution in [-0.2, 0) is 28.4 Å². The zero-order valence-corrected chi connectivity index (χ0v) is 60.9. The van der Waals surface area contributed by atoms with Crippen LogP contribution in [0.5, 0.6) is 0 Å². The van der Waals surface area contributed by atoms with Gasteiger partial charge in [-0.3, -0.25) is 0 Å². The number of esters is 4. The van der Waals surface area contributed by atoms with Crippen LogP contribution < -0.4 is 0 Å². The third-order valence-electron chi connectivity index (χ3n) is 26.2. The molecule has 0 amide bonds. The predicted molar refractivity (Wildman–Crippen MR) is 419 cm³/mol. The van der Waals surface area contributed by atoms with Gasteiger partial charge in [-0.15, -0.1) is 0 Å². The summed E-state index contributed by atoms with van der Waals surface area (Å²) in [5, 5.41) is 13.6. The molecule has 10 heteroatoms. The highest BCUT2D eigenvalue weighted by molar-refractivity contribution is 6.12. The van der Waals surface area contributed by atoms with Gasteiger partial charge in [-0.1, -0.05) is 212 Å². The van der Waals surface area contributed by atoms with E-state index >= 15 is 19.2 Å². The van der Waals surface area contributed by atoms with Gasteiger partial charge in [-0.2, -0.15) is 0 Å². The normalized spacial score (nSPS) is 25.8. The molecular formula is C95H92O10. The van der Waals surface area contributed by atoms with Gasteiger partial charge in [0.1, 0.15) is 12.7 Å². The highest BCUT2D eigenvalue weighted by Crippen LogP contribution is 2.68. The molecule has 14 atom stereocenters. The molecule has 0 aromatic heterocycles. The molecule has 4 aliphatic carbocycles. The van der Waals surface area contributed by atoms with Crippen molar-refractivity contribution < 1.29 is 47.6 Å². The van der Waals surface area contributed by atoms with Gasteiger partial charge >= 0.3 is 23.9 Å². The Morgan fingerprint density at radius 1 is 0.457 bits per heavy atom. The molecule has 0 N–H and O–H groups in total. The van der Waals surface area contributed by atoms with Crippen LogP contribution in [0.3, 0.4) is 0 Å². The number of hydrogen-bond donors (Lipinski definition) is 0. The van der Waals surface area contributed by atoms with Crippen LogP contribution in [0.2, 0.25) is 0 Å². The smallest absolute Gasteiger partial charge is 0.339 e. The van der Waals surface area contributed by atoms with Crippen molar-refractivity contribution in [3.05, 3.63) is 252 Å². The Morgan fingerprint density at radius 2 is 0.886 bits per heavy atom. The maximum Gasteiger partial charge on any atom is 0.339 e. The van der Waals surface area contributed by atoms with Crippen molar-refractivity contribution in [2.75, 3.05) is 6.61 Å². The Hall–Kier alpha value is -9.74. The first kappa shape index (κ1) is 68.4. The summed E-state index contributed by atoms with van der Waals surface area (Å²) in [7, 11) is 0. The number of carbonyl (C=O) groups excluding carboxylic acids is 4. The lowest BCUT2D eigenvalue weighted by atomic mass is 9.47. The first-order valence-electron chi connectivity index (χ1n) is 38.5. The third kappa shape index (κ3) is 12.6. The van der Waals surface area contributed by atoms with Crippen molar-refractivity contribution in [1.82, 2.24) is 0 Å². The molecule has 0 spiro atoms. The summed E-state index contributed by atoms with van der Waals surface area (Å²) in [6.07, 6.45) is 6.47. The largest absolute Gasteiger partial charge is 0.459 e. The topological polar surface area (TPSA) is 124 Å². The van der Waals surface area contributed by atoms with E-state index in [-0.39, 0.29) is 22.1 Å². The van der Waals surface area contributed by atoms with E-state index in [1.54, 1.807) is 24.3 Å². The highest BCUT2D eigenvalue weighted by Gasteiger charge is 2.60. The Balaban J connectivity index is 0.771. The fourth-order valence-corrected chi connectivity index (χ4v) is 20.5. The predicted octanol–water partition coefficient (Wildman–Crippen LogP) is 22.5. The quantitative estimate of drug-likeness (QED) is 0.0377. The maximum atomic E-state index is 16.0. The van der Waals surface area contributed by atoms with Crippen LogP contribution in [-0.4, -0.2) is 67.3 Å². The van der Waals surface area contributed by atoms with E-state index in [4.69, 9.17) is 28.4 Å². The molecule has 17 rings (SSSR count). The van der Waals surface area contributed by atoms with E-state index in [0.29, 0.717) is 75.0 Å². The number of ether oxygens (including phenoxy) is 6. The lowest BCUT2D eigenvalue weighted by Crippen LogP contribution is -2.63. The van der Waals surface area contributed by atoms with E-state index in [9.17, 15) is 0 Å². The summed E-state index contributed by atoms with van der Waals surface area (Å²) in [6.45, 7) is 14.4. The monoisotopic (exact) mass is 1390 g/mol. The SMILES string of the molecule is CC[C@H](CC[C@@H](C)[C@H]1CC[C@H]2[C@@H]3CC=C4C[C@@H](O[C@@H]5O[C@H](COC(=O)c6cccc7cc8ccccc8cc67)[C@@H](OC(=O)c6cccc7cc8ccccc8cc67)[C@H](OC(=O)c6cccc7cc8ccccc8cc67)[C@H]5OC(=O)c5cccc6cc7ccccc7cc56)CC[C@]4(C)[C@H]3CC[C@]12C)C(C)C. The number of benzene rings is 12. The summed E-state index contributed by atoms with van der Waals surface area (Å²) in [5.41, 5.74) is 2.69. The van der Waals surface area contributed by atoms with Gasteiger partial charge < -0.3 is 28.4 Å². The molecule has 12 aromatic rings. The number of carbonyl (C=O) groups is 4. The van der Waals surface area contributed by atoms with Crippen LogP contribution in [0.25, 0.3) is 86.2 Å². The summed E-state index contributed by atoms with van der Waals surface area (Å²) in [5.74, 6) is 1.80. The van der Waals surface area contributed by atoms with E-state index in [2.05, 4.69) is 59.8 Å². The molecule has 0 bridgehead atoms. The van der Waals surface area contributed by atoms with Crippen molar-refractivity contribution >= 4 is 110 Å². The summed E-state index contributed by atoms with van der Waals surface area (Å²) in [6, 6.07) is 70.2. The van der Waals surface area contributed by atoms with Gasteiger partial charge in [-0.25, -0.2) is 19.2 Å². The number of fused-ring (bicyclic) bond motifs is 13. The van der Waals surface area contributed by atoms with Gasteiger partial charge in [0, 0.05) is 0 Å². The number of hydrogen-bond acceptors (Lipinski definition) is 10. The second-order valence-electron chi connectivity index (χ2n) is 32.1. The zero-order chi connectivity index (χ0) is 71.8. The van der Waals surface area contributed by atoms with Crippen LogP contribution >= 0.6 is 0 Å². The van der Waals surface area contributed by atoms with Gasteiger partial charge in [0.25, 0.3) is 0 Å². The summed E-state index contributed by atoms with van der Waals surface area (Å²) < 4.78 is 42.5. The Morgan fingerprint density at radius 3 is 1.34 bits per heavy atom. The van der Waals surface area contributed by atoms with Gasteiger partial charge in [0.15, 0.2) is 24.6 Å². The molecule has 10 nitrogen and oxygen atoms in total. The van der Waals surface area contributed by atoms with Crippen molar-refractivity contribution in [3.63, 3.8) is 0 Å². The van der Waals surface area contributed by atoms with Crippen LogP contribution in [0.1, 0.15) is 154 Å². The maximum absolute atomic E-state index is 16.0. The molecule has 5 aliphatic rings. The van der Waals surface area contributed by atoms with Gasteiger partial charge in [-0.05, 0) is 269 Å². The van der Waals surface area contributed by atoms with Crippen molar-refractivity contribution in [3.8, 4) is 0 Å². The lowest BCUT2D eigenvalue weighted by Gasteiger charge is -2.58. The van der Waals surface area contributed by atoms with Gasteiger partial charge in [0.2, 0.25) is 0 Å². The molecule has 532 valence electrons. The Labute approximate surface area is 614 Å². The average molecular weight is 1390 g/mol. The average Bonchev–Trinajstić information content (AvgIpc) is 1.67. The third-order valence-corrected chi connectivity index (χ3v) is 26.2. The molecule has 3 saturated carbocycles. The zero-order valence-electron chi connectivity index (χ0n) is 60.9. The minimum atomic E-state index is -1.65. The molecule has 12 aromatic carbocycles. The second-order valence-corrected chi connectivity index (χ2v) is 32.1. The minimum absolute atomic E-state index is 0.0586. The first-order chi connectivity index (χ1) is 51.1. The molecular weight excluding hydrogens is 1300 g/mol. The van der Waals surface area contributed by atoms with Crippen LogP contribution in [0.15, 0.2) is 230 Å². The molecule has 1 heterocycles. The molecule has 105 heavy (non-hydrogen) atoms. The number of rotatable bonds is 17. The van der Waals surface area contributed by atoms with Crippen LogP contribution in [0, 0.1) is 52.3 Å². The fourth-order valence-electron chi connectivity index (χ4n) is 20.5. The molecule has 0 radical (unpaired) electrons. The Kier molecular flexibility index (Phi) is 18.2. The Bertz CT molecular complexity index is 5440. The molecule has 1 aliphatic heterocycles. The standard InChI is InChI=1S/C95H92O10/c1-7-58(56(2)3)37-36-57(4)82-40-41-83-77-39-38-71-54-72(42-44-94(71,5)84(77)43-45-95(82,83)6)101-93-88(105-92(99)76-35-19-31-70-49-62-23-11-15-27-66(62)53-81(70)76)87(104-91(98)75-34-18-30-69-48-61-22-10-14-26-65(61)52-80(69)75)86(103-90(97)74-33-17-29-68-47-60-21-9-13-25-64(60)51-79(68)74)85(102-93)55-100-89(96)73-32-16-28-67-46-59-20-8-12-24-63(59)50-78(67)73/h8-35,38,46-53,56-58,72,77,82-88,93H,7,36-37,39-45,54-55H2,1-6H3/t57-,58-,72+,77+,82-,83+,84+,85-,86-,87+,88-,93-,94+,95-/m1/s1. The van der Waals surface area contributed by atoms with Crippen LogP contribution in [0.4, 0.5) is 0 Å². The van der Waals surface area contributed by atoms with Crippen molar-refractivity contribution in [1.29, 1.82) is 0 Å². The van der Waals surface area contributed by atoms with E-state index < -0.39 is 67.3 Å². The van der Waals surface area contributed by atoms with Gasteiger partial charge in [0.05, 0.1) is 28.4 Å². The molecule has 1 saturated heterocycles. The van der Waals surface area contributed by atoms with Crippen molar-refractivity contribution in [2.45, 2.75) is 149 Å². The highest BCUT2D eigenvalue weighted by atomic mass is 16.7. The lowest BCUT2D eigenvalue weighted by molar-refractivity contribution is -0.310. The number of allylic oxidation sites excluding steroid dienone is 1. The fraction of sp³-hybridized carbons (Fsp3) is 0.347. The second kappa shape index (κ2) is 28.0. The first-order valence-corrected chi connectivity index (χ1v) is 38.5. The van der Waals surface area contributed by atoms with Crippen molar-refractivity contribution in [2.24, 2.45) is 52.3 Å².